The van der Waals surface area contributed by atoms with Crippen molar-refractivity contribution < 1.29 is 23.1 Å². The van der Waals surface area contributed by atoms with E-state index in [2.05, 4.69) is 9.97 Å². The Labute approximate surface area is 108 Å². The van der Waals surface area contributed by atoms with Crippen LogP contribution in [-0.2, 0) is 4.79 Å². The van der Waals surface area contributed by atoms with Crippen molar-refractivity contribution in [3.8, 4) is 0 Å². The first-order chi connectivity index (χ1) is 8.69. The summed E-state index contributed by atoms with van der Waals surface area (Å²) in [6.45, 7) is 1.52. The first kappa shape index (κ1) is 15.2. The zero-order valence-electron chi connectivity index (χ0n) is 10.5. The number of anilines is 1. The monoisotopic (exact) mass is 277 g/mol. The number of carbonyl (C=O) groups is 1. The highest BCUT2D eigenvalue weighted by Crippen LogP contribution is 2.22. The van der Waals surface area contributed by atoms with Crippen LogP contribution < -0.4 is 4.90 Å². The molecule has 0 aliphatic heterocycles. The van der Waals surface area contributed by atoms with Gasteiger partial charge in [0.05, 0.1) is 0 Å². The Morgan fingerprint density at radius 2 is 2.05 bits per heavy atom. The van der Waals surface area contributed by atoms with Crippen LogP contribution in [0.1, 0.15) is 25.5 Å². The van der Waals surface area contributed by atoms with Crippen LogP contribution in [0.15, 0.2) is 12.4 Å². The fraction of sp³-hybridized carbons (Fsp3) is 0.545. The molecule has 0 aliphatic carbocycles. The molecule has 1 heterocycles. The minimum atomic E-state index is -4.50. The summed E-state index contributed by atoms with van der Waals surface area (Å²) in [7, 11) is 0. The van der Waals surface area contributed by atoms with Gasteiger partial charge in [0.25, 0.3) is 0 Å². The Morgan fingerprint density at radius 3 is 2.53 bits per heavy atom. The molecular formula is C11H14F3N3O2. The lowest BCUT2D eigenvalue weighted by Crippen LogP contribution is -2.38. The molecule has 0 atom stereocenters. The first-order valence-electron chi connectivity index (χ1n) is 5.54. The maximum Gasteiger partial charge on any atom is 0.405 e. The van der Waals surface area contributed by atoms with Gasteiger partial charge in [-0.3, -0.25) is 4.79 Å². The Hall–Kier alpha value is -1.86. The van der Waals surface area contributed by atoms with Crippen LogP contribution >= 0.6 is 0 Å². The van der Waals surface area contributed by atoms with Crippen molar-refractivity contribution in [2.75, 3.05) is 18.0 Å². The lowest BCUT2D eigenvalue weighted by Gasteiger charge is -2.23. The second kappa shape index (κ2) is 5.85. The molecule has 0 unspecified atom stereocenters. The molecule has 0 saturated heterocycles. The topological polar surface area (TPSA) is 66.3 Å². The van der Waals surface area contributed by atoms with E-state index in [-0.39, 0.29) is 11.7 Å². The fourth-order valence-electron chi connectivity index (χ4n) is 1.45. The summed E-state index contributed by atoms with van der Waals surface area (Å²) in [5.74, 6) is -1.38. The lowest BCUT2D eigenvalue weighted by atomic mass is 10.1. The zero-order chi connectivity index (χ0) is 14.6. The van der Waals surface area contributed by atoms with Crippen molar-refractivity contribution in [3.05, 3.63) is 18.1 Å². The van der Waals surface area contributed by atoms with Crippen LogP contribution in [0, 0.1) is 0 Å². The van der Waals surface area contributed by atoms with Crippen LogP contribution in [-0.4, -0.2) is 40.3 Å². The number of rotatable bonds is 5. The van der Waals surface area contributed by atoms with Gasteiger partial charge in [-0.1, -0.05) is 13.8 Å². The predicted octanol–water partition coefficient (Wildman–Crippen LogP) is 2.05. The molecule has 0 fully saturated rings. The third-order valence-corrected chi connectivity index (χ3v) is 2.29. The molecule has 0 saturated carbocycles. The normalized spacial score (nSPS) is 11.7. The Morgan fingerprint density at radius 1 is 1.42 bits per heavy atom. The zero-order valence-corrected chi connectivity index (χ0v) is 10.5. The summed E-state index contributed by atoms with van der Waals surface area (Å²) in [5, 5.41) is 8.67. The summed E-state index contributed by atoms with van der Waals surface area (Å²) in [6.07, 6.45) is -3.37. The number of hydrogen-bond donors (Lipinski definition) is 1. The van der Waals surface area contributed by atoms with E-state index < -0.39 is 25.2 Å². The van der Waals surface area contributed by atoms with Gasteiger partial charge in [-0.15, -0.1) is 0 Å². The summed E-state index contributed by atoms with van der Waals surface area (Å²) in [6, 6.07) is 1.37. The predicted molar refractivity (Wildman–Crippen MR) is 62.0 cm³/mol. The number of aliphatic carboxylic acids is 1. The lowest BCUT2D eigenvalue weighted by molar-refractivity contribution is -0.136. The van der Waals surface area contributed by atoms with E-state index in [0.717, 1.165) is 6.33 Å². The highest BCUT2D eigenvalue weighted by molar-refractivity contribution is 5.73. The van der Waals surface area contributed by atoms with Gasteiger partial charge in [0, 0.05) is 11.8 Å². The fourth-order valence-corrected chi connectivity index (χ4v) is 1.45. The number of halogens is 3. The summed E-state index contributed by atoms with van der Waals surface area (Å²) in [4.78, 5) is 18.9. The van der Waals surface area contributed by atoms with Crippen LogP contribution in [0.4, 0.5) is 19.0 Å². The van der Waals surface area contributed by atoms with E-state index in [1.54, 1.807) is 0 Å². The number of nitrogens with zero attached hydrogens (tertiary/aromatic N) is 3. The van der Waals surface area contributed by atoms with Gasteiger partial charge in [-0.25, -0.2) is 9.97 Å². The number of hydrogen-bond acceptors (Lipinski definition) is 4. The van der Waals surface area contributed by atoms with Crippen LogP contribution in [0.5, 0.6) is 0 Å². The summed E-state index contributed by atoms with van der Waals surface area (Å²) in [5.41, 5.74) is 0.558. The maximum absolute atomic E-state index is 12.4. The maximum atomic E-state index is 12.4. The van der Waals surface area contributed by atoms with Gasteiger partial charge in [-0.05, 0) is 5.92 Å². The summed E-state index contributed by atoms with van der Waals surface area (Å²) >= 11 is 0. The van der Waals surface area contributed by atoms with Crippen LogP contribution in [0.25, 0.3) is 0 Å². The molecule has 0 aliphatic rings. The van der Waals surface area contributed by atoms with Crippen molar-refractivity contribution in [3.63, 3.8) is 0 Å². The molecule has 19 heavy (non-hydrogen) atoms. The third-order valence-electron chi connectivity index (χ3n) is 2.29. The van der Waals surface area contributed by atoms with E-state index in [0.29, 0.717) is 10.6 Å². The number of aromatic nitrogens is 2. The third kappa shape index (κ3) is 5.11. The Kier molecular flexibility index (Phi) is 4.68. The Balaban J connectivity index is 3.02. The molecule has 1 N–H and O–H groups in total. The molecule has 1 aromatic rings. The molecule has 0 amide bonds. The number of carboxylic acids is 1. The van der Waals surface area contributed by atoms with E-state index >= 15 is 0 Å². The standard InChI is InChI=1S/C11H14F3N3O2/c1-7(2)8-3-9(16-6-15-8)17(4-10(18)19)5-11(12,13)14/h3,6-7H,4-5H2,1-2H3,(H,18,19). The van der Waals surface area contributed by atoms with Crippen molar-refractivity contribution in [1.82, 2.24) is 9.97 Å². The largest absolute Gasteiger partial charge is 0.480 e. The van der Waals surface area contributed by atoms with Gasteiger partial charge < -0.3 is 10.0 Å². The second-order valence-corrected chi connectivity index (χ2v) is 4.32. The Bertz CT molecular complexity index is 449. The second-order valence-electron chi connectivity index (χ2n) is 4.32. The van der Waals surface area contributed by atoms with Gasteiger partial charge in [-0.2, -0.15) is 13.2 Å². The van der Waals surface area contributed by atoms with Crippen molar-refractivity contribution in [2.24, 2.45) is 0 Å². The average molecular weight is 277 g/mol. The molecule has 0 radical (unpaired) electrons. The minimum Gasteiger partial charge on any atom is -0.480 e. The van der Waals surface area contributed by atoms with Crippen molar-refractivity contribution in [1.29, 1.82) is 0 Å². The molecule has 5 nitrogen and oxygen atoms in total. The van der Waals surface area contributed by atoms with E-state index in [4.69, 9.17) is 5.11 Å². The van der Waals surface area contributed by atoms with Crippen LogP contribution in [0.2, 0.25) is 0 Å². The molecule has 0 bridgehead atoms. The number of carboxylic acid groups (broad SMARTS) is 1. The first-order valence-corrected chi connectivity index (χ1v) is 5.54. The molecule has 0 spiro atoms. The van der Waals surface area contributed by atoms with Gasteiger partial charge >= 0.3 is 12.1 Å². The quantitative estimate of drug-likeness (QED) is 0.892. The molecule has 0 aromatic carbocycles. The molecular weight excluding hydrogens is 263 g/mol. The number of alkyl halides is 3. The van der Waals surface area contributed by atoms with Gasteiger partial charge in [0.2, 0.25) is 0 Å². The van der Waals surface area contributed by atoms with E-state index in [1.165, 1.54) is 6.07 Å². The summed E-state index contributed by atoms with van der Waals surface area (Å²) < 4.78 is 37.3. The van der Waals surface area contributed by atoms with Crippen LogP contribution in [0.3, 0.4) is 0 Å². The smallest absolute Gasteiger partial charge is 0.405 e. The minimum absolute atomic E-state index is 0.0133. The molecule has 1 aromatic heterocycles. The highest BCUT2D eigenvalue weighted by atomic mass is 19.4. The van der Waals surface area contributed by atoms with Crippen molar-refractivity contribution in [2.45, 2.75) is 25.9 Å². The van der Waals surface area contributed by atoms with Crippen molar-refractivity contribution >= 4 is 11.8 Å². The van der Waals surface area contributed by atoms with Gasteiger partial charge in [0.15, 0.2) is 0 Å². The van der Waals surface area contributed by atoms with E-state index in [1.807, 2.05) is 13.8 Å². The van der Waals surface area contributed by atoms with E-state index in [9.17, 15) is 18.0 Å². The molecule has 1 rings (SSSR count). The SMILES string of the molecule is CC(C)c1cc(N(CC(=O)O)CC(F)(F)F)ncn1. The van der Waals surface area contributed by atoms with Gasteiger partial charge in [0.1, 0.15) is 25.2 Å². The highest BCUT2D eigenvalue weighted by Gasteiger charge is 2.32. The molecule has 106 valence electrons. The average Bonchev–Trinajstić information content (AvgIpc) is 2.25. The molecule has 8 heteroatoms.